The number of nitrogens with one attached hydrogen (secondary N) is 2. The van der Waals surface area contributed by atoms with Gasteiger partial charge in [-0.2, -0.15) is 0 Å². The Morgan fingerprint density at radius 2 is 2.05 bits per heavy atom. The zero-order chi connectivity index (χ0) is 14.7. The van der Waals surface area contributed by atoms with Crippen LogP contribution in [0.15, 0.2) is 18.2 Å². The van der Waals surface area contributed by atoms with Gasteiger partial charge in [0.15, 0.2) is 0 Å². The molecule has 0 aliphatic rings. The van der Waals surface area contributed by atoms with Crippen molar-refractivity contribution >= 4 is 22.8 Å². The molecular weight excluding hydrogens is 256 g/mol. The number of esters is 1. The molecule has 5 heteroatoms. The number of carbonyl (C=O) groups is 2. The van der Waals surface area contributed by atoms with E-state index >= 15 is 0 Å². The highest BCUT2D eigenvalue weighted by Gasteiger charge is 2.11. The van der Waals surface area contributed by atoms with Crippen molar-refractivity contribution in [1.29, 1.82) is 0 Å². The van der Waals surface area contributed by atoms with E-state index in [4.69, 9.17) is 4.74 Å². The minimum atomic E-state index is -0.435. The van der Waals surface area contributed by atoms with Gasteiger partial charge in [-0.25, -0.2) is 0 Å². The smallest absolute Gasteiger partial charge is 0.325 e. The van der Waals surface area contributed by atoms with Crippen LogP contribution in [0.5, 0.6) is 0 Å². The maximum Gasteiger partial charge on any atom is 0.325 e. The molecule has 0 saturated heterocycles. The maximum atomic E-state index is 12.0. The van der Waals surface area contributed by atoms with Gasteiger partial charge >= 0.3 is 5.97 Å². The quantitative estimate of drug-likeness (QED) is 0.838. The lowest BCUT2D eigenvalue weighted by Crippen LogP contribution is -2.30. The predicted molar refractivity (Wildman–Crippen MR) is 76.7 cm³/mol. The number of hydrogen-bond acceptors (Lipinski definition) is 3. The second-order valence-electron chi connectivity index (χ2n) is 4.62. The van der Waals surface area contributed by atoms with Crippen LogP contribution < -0.4 is 5.32 Å². The molecule has 0 bridgehead atoms. The summed E-state index contributed by atoms with van der Waals surface area (Å²) in [6.07, 6.45) is 0. The molecule has 2 rings (SSSR count). The number of aromatic nitrogens is 1. The Morgan fingerprint density at radius 3 is 2.75 bits per heavy atom. The van der Waals surface area contributed by atoms with Gasteiger partial charge in [0.05, 0.1) is 6.61 Å². The molecule has 0 saturated carbocycles. The Morgan fingerprint density at radius 1 is 1.30 bits per heavy atom. The molecule has 0 aliphatic heterocycles. The van der Waals surface area contributed by atoms with Crippen LogP contribution in [0.3, 0.4) is 0 Å². The first-order valence-corrected chi connectivity index (χ1v) is 6.55. The number of H-pyrrole nitrogens is 1. The molecule has 2 aromatic rings. The van der Waals surface area contributed by atoms with Crippen molar-refractivity contribution in [2.24, 2.45) is 0 Å². The van der Waals surface area contributed by atoms with E-state index in [1.165, 1.54) is 0 Å². The molecule has 0 fully saturated rings. The van der Waals surface area contributed by atoms with Gasteiger partial charge in [-0.15, -0.1) is 0 Å². The number of ether oxygens (including phenoxy) is 1. The van der Waals surface area contributed by atoms with Crippen LogP contribution in [0.2, 0.25) is 0 Å². The van der Waals surface area contributed by atoms with Gasteiger partial charge in [0.1, 0.15) is 6.54 Å². The molecule has 0 spiro atoms. The summed E-state index contributed by atoms with van der Waals surface area (Å²) in [6, 6.07) is 5.43. The van der Waals surface area contributed by atoms with Gasteiger partial charge in [-0.3, -0.25) is 9.59 Å². The fourth-order valence-corrected chi connectivity index (χ4v) is 2.07. The molecule has 20 heavy (non-hydrogen) atoms. The number of benzene rings is 1. The van der Waals surface area contributed by atoms with Crippen molar-refractivity contribution in [2.45, 2.75) is 20.8 Å². The summed E-state index contributed by atoms with van der Waals surface area (Å²) in [5, 5.41) is 3.57. The van der Waals surface area contributed by atoms with Gasteiger partial charge in [-0.1, -0.05) is 0 Å². The number of amides is 1. The molecule has 0 radical (unpaired) electrons. The van der Waals surface area contributed by atoms with E-state index in [2.05, 4.69) is 10.3 Å². The van der Waals surface area contributed by atoms with Crippen molar-refractivity contribution in [3.05, 3.63) is 35.0 Å². The van der Waals surface area contributed by atoms with E-state index in [1.807, 2.05) is 26.0 Å². The lowest BCUT2D eigenvalue weighted by Gasteiger charge is -2.05. The topological polar surface area (TPSA) is 71.2 Å². The Balaban J connectivity index is 2.14. The Labute approximate surface area is 117 Å². The fourth-order valence-electron chi connectivity index (χ4n) is 2.07. The summed E-state index contributed by atoms with van der Waals surface area (Å²) >= 11 is 0. The van der Waals surface area contributed by atoms with Gasteiger partial charge in [0, 0.05) is 22.2 Å². The predicted octanol–water partition coefficient (Wildman–Crippen LogP) is 2.08. The highest BCUT2D eigenvalue weighted by molar-refractivity contribution is 6.00. The third kappa shape index (κ3) is 2.82. The van der Waals surface area contributed by atoms with Crippen molar-refractivity contribution in [3.63, 3.8) is 0 Å². The Kier molecular flexibility index (Phi) is 4.08. The minimum Gasteiger partial charge on any atom is -0.465 e. The molecule has 0 unspecified atom stereocenters. The zero-order valence-corrected chi connectivity index (χ0v) is 11.9. The number of fused-ring (bicyclic) bond motifs is 1. The number of rotatable bonds is 4. The molecule has 106 valence electrons. The SMILES string of the molecule is CCOC(=O)CNC(=O)c1ccc2[nH]c(C)c(C)c2c1. The summed E-state index contributed by atoms with van der Waals surface area (Å²) in [4.78, 5) is 26.4. The fraction of sp³-hybridized carbons (Fsp3) is 0.333. The van der Waals surface area contributed by atoms with E-state index in [0.717, 1.165) is 22.2 Å². The molecule has 5 nitrogen and oxygen atoms in total. The summed E-state index contributed by atoms with van der Waals surface area (Å²) < 4.78 is 4.76. The van der Waals surface area contributed by atoms with Crippen LogP contribution in [0.4, 0.5) is 0 Å². The Bertz CT molecular complexity index is 658. The molecule has 2 N–H and O–H groups in total. The zero-order valence-electron chi connectivity index (χ0n) is 11.9. The third-order valence-corrected chi connectivity index (χ3v) is 3.27. The van der Waals surface area contributed by atoms with Crippen LogP contribution in [0, 0.1) is 13.8 Å². The lowest BCUT2D eigenvalue weighted by molar-refractivity contribution is -0.141. The van der Waals surface area contributed by atoms with Crippen molar-refractivity contribution in [3.8, 4) is 0 Å². The van der Waals surface area contributed by atoms with Crippen LogP contribution >= 0.6 is 0 Å². The normalized spacial score (nSPS) is 10.6. The van der Waals surface area contributed by atoms with Gasteiger partial charge < -0.3 is 15.0 Å². The first-order valence-electron chi connectivity index (χ1n) is 6.55. The second kappa shape index (κ2) is 5.77. The highest BCUT2D eigenvalue weighted by Crippen LogP contribution is 2.22. The average molecular weight is 274 g/mol. The number of aromatic amines is 1. The van der Waals surface area contributed by atoms with E-state index in [9.17, 15) is 9.59 Å². The first-order chi connectivity index (χ1) is 9.52. The van der Waals surface area contributed by atoms with Crippen LogP contribution in [-0.4, -0.2) is 30.0 Å². The molecule has 0 aliphatic carbocycles. The highest BCUT2D eigenvalue weighted by atomic mass is 16.5. The molecule has 1 amide bonds. The summed E-state index contributed by atoms with van der Waals surface area (Å²) in [7, 11) is 0. The minimum absolute atomic E-state index is 0.115. The summed E-state index contributed by atoms with van der Waals surface area (Å²) in [6.45, 7) is 5.92. The van der Waals surface area contributed by atoms with Crippen molar-refractivity contribution < 1.29 is 14.3 Å². The largest absolute Gasteiger partial charge is 0.465 e. The molecule has 1 aromatic heterocycles. The summed E-state index contributed by atoms with van der Waals surface area (Å²) in [5.41, 5.74) is 3.75. The molecular formula is C15H18N2O3. The maximum absolute atomic E-state index is 12.0. The molecule has 0 atom stereocenters. The summed E-state index contributed by atoms with van der Waals surface area (Å²) in [5.74, 6) is -0.714. The van der Waals surface area contributed by atoms with E-state index in [0.29, 0.717) is 12.2 Å². The van der Waals surface area contributed by atoms with Crippen molar-refractivity contribution in [1.82, 2.24) is 10.3 Å². The molecule has 1 heterocycles. The van der Waals surface area contributed by atoms with Crippen molar-refractivity contribution in [2.75, 3.05) is 13.2 Å². The number of carbonyl (C=O) groups excluding carboxylic acids is 2. The van der Waals surface area contributed by atoms with Crippen LogP contribution in [-0.2, 0) is 9.53 Å². The van der Waals surface area contributed by atoms with E-state index in [1.54, 1.807) is 13.0 Å². The van der Waals surface area contributed by atoms with Gasteiger partial charge in [0.25, 0.3) is 5.91 Å². The lowest BCUT2D eigenvalue weighted by atomic mass is 10.1. The van der Waals surface area contributed by atoms with E-state index in [-0.39, 0.29) is 12.5 Å². The molecule has 1 aromatic carbocycles. The number of hydrogen-bond donors (Lipinski definition) is 2. The third-order valence-electron chi connectivity index (χ3n) is 3.27. The standard InChI is InChI=1S/C15H18N2O3/c1-4-20-14(18)8-16-15(19)11-5-6-13-12(7-11)9(2)10(3)17-13/h5-7,17H,4,8H2,1-3H3,(H,16,19). The monoisotopic (exact) mass is 274 g/mol. The van der Waals surface area contributed by atoms with Gasteiger partial charge in [0.2, 0.25) is 0 Å². The van der Waals surface area contributed by atoms with E-state index < -0.39 is 5.97 Å². The van der Waals surface area contributed by atoms with Gasteiger partial charge in [-0.05, 0) is 44.5 Å². The first kappa shape index (κ1) is 14.1. The second-order valence-corrected chi connectivity index (χ2v) is 4.62. The van der Waals surface area contributed by atoms with Crippen LogP contribution in [0.1, 0.15) is 28.5 Å². The van der Waals surface area contributed by atoms with Crippen LogP contribution in [0.25, 0.3) is 10.9 Å². The Hall–Kier alpha value is -2.30. The number of aryl methyl sites for hydroxylation is 2. The average Bonchev–Trinajstić information content (AvgIpc) is 2.71.